The summed E-state index contributed by atoms with van der Waals surface area (Å²) in [5, 5.41) is 9.40. The summed E-state index contributed by atoms with van der Waals surface area (Å²) in [7, 11) is -3.64. The maximum atomic E-state index is 12.7. The van der Waals surface area contributed by atoms with Gasteiger partial charge in [0.15, 0.2) is 0 Å². The lowest BCUT2D eigenvalue weighted by Gasteiger charge is -2.36. The summed E-state index contributed by atoms with van der Waals surface area (Å²) < 4.78 is 28.1. The molecule has 1 saturated carbocycles. The minimum absolute atomic E-state index is 0.152. The standard InChI is InChI=1S/C34H38N2O3S/c37-33-21-15-28(16-22-33)26-35-40(38,39)34-23-19-30(20-24-34)29-17-13-27(14-18-29)8-7-25-36(31-9-3-1-4-10-31)32-11-5-2-6-12-32/h1,3-4,9-10,13-24,32,35,37H,2,5-8,11-12,25-26H2. The van der Waals surface area contributed by atoms with Crippen LogP contribution in [0.2, 0.25) is 0 Å². The van der Waals surface area contributed by atoms with Gasteiger partial charge in [-0.15, -0.1) is 0 Å². The second kappa shape index (κ2) is 13.2. The molecule has 2 N–H and O–H groups in total. The predicted octanol–water partition coefficient (Wildman–Crippen LogP) is 7.31. The van der Waals surface area contributed by atoms with Gasteiger partial charge in [0.2, 0.25) is 10.0 Å². The zero-order valence-corrected chi connectivity index (χ0v) is 23.7. The van der Waals surface area contributed by atoms with Crippen LogP contribution < -0.4 is 9.62 Å². The van der Waals surface area contributed by atoms with Crippen LogP contribution in [-0.2, 0) is 23.0 Å². The summed E-state index contributed by atoms with van der Waals surface area (Å²) in [6.07, 6.45) is 8.74. The minimum atomic E-state index is -3.64. The van der Waals surface area contributed by atoms with Crippen LogP contribution in [0.3, 0.4) is 0 Å². The number of rotatable bonds is 11. The average Bonchev–Trinajstić information content (AvgIpc) is 3.00. The van der Waals surface area contributed by atoms with Crippen molar-refractivity contribution in [3.63, 3.8) is 0 Å². The average molecular weight is 555 g/mol. The van der Waals surface area contributed by atoms with Crippen LogP contribution in [0.25, 0.3) is 11.1 Å². The van der Waals surface area contributed by atoms with Crippen molar-refractivity contribution in [2.24, 2.45) is 0 Å². The van der Waals surface area contributed by atoms with Crippen molar-refractivity contribution in [3.05, 3.63) is 114 Å². The first-order chi connectivity index (χ1) is 19.5. The van der Waals surface area contributed by atoms with Gasteiger partial charge in [-0.05, 0) is 84.3 Å². The number of nitrogens with one attached hydrogen (secondary N) is 1. The fourth-order valence-corrected chi connectivity index (χ4v) is 6.57. The highest BCUT2D eigenvalue weighted by Gasteiger charge is 2.21. The highest BCUT2D eigenvalue weighted by Crippen LogP contribution is 2.28. The molecule has 0 unspecified atom stereocenters. The Kier molecular flexibility index (Phi) is 9.19. The zero-order valence-electron chi connectivity index (χ0n) is 22.9. The van der Waals surface area contributed by atoms with Crippen LogP contribution in [0.15, 0.2) is 108 Å². The van der Waals surface area contributed by atoms with Gasteiger partial charge in [-0.1, -0.05) is 86.0 Å². The minimum Gasteiger partial charge on any atom is -0.508 e. The van der Waals surface area contributed by atoms with Gasteiger partial charge >= 0.3 is 0 Å². The quantitative estimate of drug-likeness (QED) is 0.204. The summed E-state index contributed by atoms with van der Waals surface area (Å²) in [6.45, 7) is 1.22. The summed E-state index contributed by atoms with van der Waals surface area (Å²) in [4.78, 5) is 2.86. The number of hydrogen-bond donors (Lipinski definition) is 2. The van der Waals surface area contributed by atoms with Crippen molar-refractivity contribution >= 4 is 15.7 Å². The molecule has 0 atom stereocenters. The van der Waals surface area contributed by atoms with Crippen molar-refractivity contribution in [2.75, 3.05) is 11.4 Å². The Labute approximate surface area is 238 Å². The first-order valence-electron chi connectivity index (χ1n) is 14.3. The van der Waals surface area contributed by atoms with Gasteiger partial charge in [0.1, 0.15) is 5.75 Å². The lowest BCUT2D eigenvalue weighted by molar-refractivity contribution is 0.412. The number of sulfonamides is 1. The molecule has 40 heavy (non-hydrogen) atoms. The molecular weight excluding hydrogens is 516 g/mol. The van der Waals surface area contributed by atoms with E-state index in [1.165, 1.54) is 43.4 Å². The van der Waals surface area contributed by atoms with Crippen LogP contribution in [-0.4, -0.2) is 26.1 Å². The largest absolute Gasteiger partial charge is 0.508 e. The molecule has 1 aliphatic carbocycles. The van der Waals surface area contributed by atoms with Crippen LogP contribution >= 0.6 is 0 Å². The Bertz CT molecular complexity index is 1450. The molecule has 0 aromatic heterocycles. The van der Waals surface area contributed by atoms with Crippen LogP contribution in [0.1, 0.15) is 49.7 Å². The number of aryl methyl sites for hydroxylation is 1. The number of benzene rings is 4. The van der Waals surface area contributed by atoms with Gasteiger partial charge in [0, 0.05) is 24.8 Å². The van der Waals surface area contributed by atoms with Crippen molar-refractivity contribution in [3.8, 4) is 16.9 Å². The highest BCUT2D eigenvalue weighted by molar-refractivity contribution is 7.89. The topological polar surface area (TPSA) is 69.6 Å². The second-order valence-corrected chi connectivity index (χ2v) is 12.4. The number of hydrogen-bond acceptors (Lipinski definition) is 4. The second-order valence-electron chi connectivity index (χ2n) is 10.6. The van der Waals surface area contributed by atoms with Gasteiger partial charge in [0.05, 0.1) is 4.90 Å². The lowest BCUT2D eigenvalue weighted by Crippen LogP contribution is -2.37. The maximum Gasteiger partial charge on any atom is 0.240 e. The Morgan fingerprint density at radius 3 is 1.98 bits per heavy atom. The molecule has 5 nitrogen and oxygen atoms in total. The summed E-state index contributed by atoms with van der Waals surface area (Å²) >= 11 is 0. The normalized spacial score (nSPS) is 14.2. The number of anilines is 1. The van der Waals surface area contributed by atoms with Crippen LogP contribution in [0, 0.1) is 0 Å². The van der Waals surface area contributed by atoms with E-state index in [0.29, 0.717) is 6.04 Å². The van der Waals surface area contributed by atoms with E-state index in [-0.39, 0.29) is 17.2 Å². The van der Waals surface area contributed by atoms with Gasteiger partial charge < -0.3 is 10.0 Å². The molecule has 1 aliphatic rings. The molecule has 6 heteroatoms. The molecule has 5 rings (SSSR count). The highest BCUT2D eigenvalue weighted by atomic mass is 32.2. The molecule has 208 valence electrons. The van der Waals surface area contributed by atoms with Crippen LogP contribution in [0.5, 0.6) is 5.75 Å². The number of phenols is 1. The smallest absolute Gasteiger partial charge is 0.240 e. The van der Waals surface area contributed by atoms with Gasteiger partial charge in [-0.3, -0.25) is 0 Å². The third-order valence-electron chi connectivity index (χ3n) is 7.82. The third kappa shape index (κ3) is 7.32. The number of nitrogens with zero attached hydrogens (tertiary/aromatic N) is 1. The van der Waals surface area contributed by atoms with E-state index < -0.39 is 10.0 Å². The molecule has 4 aromatic rings. The zero-order chi connectivity index (χ0) is 27.8. The van der Waals surface area contributed by atoms with E-state index in [1.54, 1.807) is 36.4 Å². The lowest BCUT2D eigenvalue weighted by atomic mass is 9.93. The first kappa shape index (κ1) is 27.9. The Hall–Kier alpha value is -3.61. The molecule has 0 spiro atoms. The molecule has 0 heterocycles. The number of phenolic OH excluding ortho intramolecular Hbond substituents is 1. The van der Waals surface area contributed by atoms with Gasteiger partial charge in [0.25, 0.3) is 0 Å². The number of aromatic hydroxyl groups is 1. The molecule has 0 saturated heterocycles. The fourth-order valence-electron chi connectivity index (χ4n) is 5.55. The van der Waals surface area contributed by atoms with E-state index in [2.05, 4.69) is 64.2 Å². The Morgan fingerprint density at radius 2 is 1.32 bits per heavy atom. The van der Waals surface area contributed by atoms with E-state index in [4.69, 9.17) is 0 Å². The van der Waals surface area contributed by atoms with Crippen molar-refractivity contribution < 1.29 is 13.5 Å². The van der Waals surface area contributed by atoms with E-state index in [0.717, 1.165) is 36.1 Å². The molecule has 0 radical (unpaired) electrons. The summed E-state index contributed by atoms with van der Waals surface area (Å²) in [5.74, 6) is 0.152. The first-order valence-corrected chi connectivity index (χ1v) is 15.7. The van der Waals surface area contributed by atoms with Crippen molar-refractivity contribution in [1.82, 2.24) is 4.72 Å². The fraction of sp³-hybridized carbons (Fsp3) is 0.294. The van der Waals surface area contributed by atoms with Gasteiger partial charge in [-0.2, -0.15) is 0 Å². The van der Waals surface area contributed by atoms with Gasteiger partial charge in [-0.25, -0.2) is 13.1 Å². The monoisotopic (exact) mass is 554 g/mol. The number of para-hydroxylation sites is 1. The van der Waals surface area contributed by atoms with Crippen LogP contribution in [0.4, 0.5) is 5.69 Å². The summed E-state index contributed by atoms with van der Waals surface area (Å²) in [6, 6.07) is 33.6. The molecular formula is C34H38N2O3S. The Morgan fingerprint density at radius 1 is 0.725 bits per heavy atom. The SMILES string of the molecule is O=S(=O)(NCc1ccc(O)cc1)c1ccc(-c2ccc(CCCN(c3ccccc3)C3CCCCC3)cc2)cc1. The van der Waals surface area contributed by atoms with E-state index in [9.17, 15) is 13.5 Å². The van der Waals surface area contributed by atoms with E-state index >= 15 is 0 Å². The van der Waals surface area contributed by atoms with Crippen molar-refractivity contribution in [1.29, 1.82) is 0 Å². The predicted molar refractivity (Wildman–Crippen MR) is 163 cm³/mol. The molecule has 0 bridgehead atoms. The third-order valence-corrected chi connectivity index (χ3v) is 9.24. The Balaban J connectivity index is 1.16. The molecule has 1 fully saturated rings. The van der Waals surface area contributed by atoms with E-state index in [1.807, 2.05) is 12.1 Å². The molecule has 0 aliphatic heterocycles. The summed E-state index contributed by atoms with van der Waals surface area (Å²) in [5.41, 5.74) is 5.48. The van der Waals surface area contributed by atoms with Crippen molar-refractivity contribution in [2.45, 2.75) is 62.4 Å². The molecule has 0 amide bonds. The maximum absolute atomic E-state index is 12.7. The molecule has 4 aromatic carbocycles.